The van der Waals surface area contributed by atoms with Gasteiger partial charge in [-0.25, -0.2) is 0 Å². The van der Waals surface area contributed by atoms with E-state index in [0.29, 0.717) is 0 Å². The fourth-order valence-electron chi connectivity index (χ4n) is 0. The van der Waals surface area contributed by atoms with Crippen molar-refractivity contribution in [2.24, 2.45) is 0 Å². The first-order chi connectivity index (χ1) is 1.41. The first-order valence-corrected chi connectivity index (χ1v) is 0.926. The summed E-state index contributed by atoms with van der Waals surface area (Å²) >= 11 is 8.53. The van der Waals surface area contributed by atoms with Crippen LogP contribution in [0.2, 0.25) is 0 Å². The molecule has 0 bridgehead atoms. The number of halogens is 2. The molecule has 0 unspecified atom stereocenters. The number of hydrogen-bond acceptors (Lipinski definition) is 1. The molecule has 1 nitrogen and oxygen atoms in total. The molecule has 0 saturated carbocycles. The van der Waals surface area contributed by atoms with Crippen LogP contribution in [0.3, 0.4) is 0 Å². The molecule has 22 valence electrons. The summed E-state index contributed by atoms with van der Waals surface area (Å²) in [4.78, 5) is 0. The maximum absolute atomic E-state index is 4.26. The van der Waals surface area contributed by atoms with E-state index < -0.39 is 0 Å². The van der Waals surface area contributed by atoms with Crippen LogP contribution in [0.4, 0.5) is 0 Å². The van der Waals surface area contributed by atoms with Crippen molar-refractivity contribution in [1.29, 1.82) is 0 Å². The molecular formula is BaCl2O. The number of rotatable bonds is 0. The van der Waals surface area contributed by atoms with Crippen LogP contribution in [0.25, 0.3) is 0 Å². The standard InChI is InChI=1S/Ba.Cl2O/c;1-3-2. The van der Waals surface area contributed by atoms with Crippen LogP contribution < -0.4 is 0 Å². The maximum Gasteiger partial charge on any atom is 0.0832 e. The first-order valence-electron chi connectivity index (χ1n) is 0.309. The Hall–Kier alpha value is 2.11. The summed E-state index contributed by atoms with van der Waals surface area (Å²) in [6.45, 7) is 0. The van der Waals surface area contributed by atoms with E-state index in [0.717, 1.165) is 0 Å². The van der Waals surface area contributed by atoms with Crippen LogP contribution in [-0.4, -0.2) is 48.9 Å². The molecule has 0 rings (SSSR count). The summed E-state index contributed by atoms with van der Waals surface area (Å²) in [7, 11) is 0. The Morgan fingerprint density at radius 2 is 1.25 bits per heavy atom. The molecule has 0 heterocycles. The smallest absolute Gasteiger partial charge is 0.0832 e. The summed E-state index contributed by atoms with van der Waals surface area (Å²) in [5, 5.41) is 0. The molecule has 0 aliphatic rings. The van der Waals surface area contributed by atoms with Gasteiger partial charge < -0.3 is 0 Å². The van der Waals surface area contributed by atoms with E-state index in [4.69, 9.17) is 0 Å². The van der Waals surface area contributed by atoms with Gasteiger partial charge in [-0.2, -0.15) is 3.84 Å². The summed E-state index contributed by atoms with van der Waals surface area (Å²) in [6.07, 6.45) is 0. The first kappa shape index (κ1) is 9.45. The zero-order chi connectivity index (χ0) is 2.71. The molecule has 0 N–H and O–H groups in total. The Morgan fingerprint density at radius 3 is 1.25 bits per heavy atom. The van der Waals surface area contributed by atoms with Crippen LogP contribution in [0.5, 0.6) is 0 Å². The monoisotopic (exact) mass is 224 g/mol. The third-order valence-corrected chi connectivity index (χ3v) is 0. The molecule has 0 aliphatic heterocycles. The van der Waals surface area contributed by atoms with E-state index in [1.165, 1.54) is 0 Å². The molecule has 0 aliphatic carbocycles. The Bertz CT molecular complexity index is 6.00. The predicted octanol–water partition coefficient (Wildman–Crippen LogP) is 0.930. The van der Waals surface area contributed by atoms with Gasteiger partial charge in [0, 0.05) is 48.9 Å². The van der Waals surface area contributed by atoms with Crippen molar-refractivity contribution in [3.05, 3.63) is 0 Å². The molecule has 0 atom stereocenters. The van der Waals surface area contributed by atoms with E-state index in [9.17, 15) is 0 Å². The van der Waals surface area contributed by atoms with E-state index in [-0.39, 0.29) is 48.9 Å². The van der Waals surface area contributed by atoms with Crippen LogP contribution in [0.1, 0.15) is 0 Å². The van der Waals surface area contributed by atoms with Gasteiger partial charge in [0.2, 0.25) is 0 Å². The Morgan fingerprint density at radius 1 is 1.25 bits per heavy atom. The Balaban J connectivity index is 0. The molecule has 0 amide bonds. The van der Waals surface area contributed by atoms with Gasteiger partial charge in [-0.3, -0.25) is 0 Å². The SMILES string of the molecule is ClOCl.[Ba]. The van der Waals surface area contributed by atoms with E-state index in [2.05, 4.69) is 27.6 Å². The van der Waals surface area contributed by atoms with Gasteiger partial charge in [0.05, 0.1) is 23.7 Å². The van der Waals surface area contributed by atoms with Crippen molar-refractivity contribution < 1.29 is 3.84 Å². The van der Waals surface area contributed by atoms with Crippen molar-refractivity contribution in [2.45, 2.75) is 0 Å². The quantitative estimate of drug-likeness (QED) is 0.556. The van der Waals surface area contributed by atoms with Crippen LogP contribution in [-0.2, 0) is 3.84 Å². The molecule has 0 aromatic heterocycles. The molecule has 0 saturated heterocycles. The van der Waals surface area contributed by atoms with Crippen LogP contribution >= 0.6 is 23.7 Å². The van der Waals surface area contributed by atoms with Gasteiger partial charge in [-0.1, -0.05) is 0 Å². The van der Waals surface area contributed by atoms with Gasteiger partial charge in [0.15, 0.2) is 0 Å². The average molecular weight is 224 g/mol. The second-order valence-electron chi connectivity index (χ2n) is 0.0583. The van der Waals surface area contributed by atoms with Crippen molar-refractivity contribution in [2.75, 3.05) is 0 Å². The minimum absolute atomic E-state index is 0. The third-order valence-electron chi connectivity index (χ3n) is 0. The molecule has 4 heavy (non-hydrogen) atoms. The second-order valence-corrected chi connectivity index (χ2v) is 0.525. The van der Waals surface area contributed by atoms with Crippen LogP contribution in [0, 0.1) is 0 Å². The van der Waals surface area contributed by atoms with Gasteiger partial charge >= 0.3 is 0 Å². The fraction of sp³-hybridized carbons (Fsp3) is 0. The number of hydrogen-bond donors (Lipinski definition) is 0. The summed E-state index contributed by atoms with van der Waals surface area (Å²) in [5.74, 6) is 0. The molecule has 0 spiro atoms. The van der Waals surface area contributed by atoms with Crippen LogP contribution in [0.15, 0.2) is 0 Å². The zero-order valence-corrected chi connectivity index (χ0v) is 7.82. The van der Waals surface area contributed by atoms with Gasteiger partial charge in [0.1, 0.15) is 0 Å². The Labute approximate surface area is 75.0 Å². The largest absolute Gasteiger partial charge is 0.166 e. The van der Waals surface area contributed by atoms with Crippen molar-refractivity contribution >= 4 is 72.6 Å². The van der Waals surface area contributed by atoms with Crippen molar-refractivity contribution in [3.8, 4) is 0 Å². The topological polar surface area (TPSA) is 9.23 Å². The molecule has 0 aromatic rings. The van der Waals surface area contributed by atoms with Gasteiger partial charge in [0.25, 0.3) is 0 Å². The van der Waals surface area contributed by atoms with Gasteiger partial charge in [-0.15, -0.1) is 0 Å². The van der Waals surface area contributed by atoms with Crippen molar-refractivity contribution in [1.82, 2.24) is 0 Å². The summed E-state index contributed by atoms with van der Waals surface area (Å²) in [5.41, 5.74) is 0. The molecule has 0 fully saturated rings. The predicted molar refractivity (Wildman–Crippen MR) is 18.5 cm³/mol. The fourth-order valence-corrected chi connectivity index (χ4v) is 0. The minimum Gasteiger partial charge on any atom is -0.166 e. The normalized spacial score (nSPS) is 4.50. The molecule has 0 aromatic carbocycles. The van der Waals surface area contributed by atoms with E-state index >= 15 is 0 Å². The summed E-state index contributed by atoms with van der Waals surface area (Å²) in [6, 6.07) is 0. The van der Waals surface area contributed by atoms with Gasteiger partial charge in [-0.05, 0) is 0 Å². The van der Waals surface area contributed by atoms with Crippen molar-refractivity contribution in [3.63, 3.8) is 0 Å². The summed E-state index contributed by atoms with van der Waals surface area (Å²) < 4.78 is 3.19. The molecule has 4 heteroatoms. The average Bonchev–Trinajstić information content (AvgIpc) is 0.918. The molecular weight excluding hydrogens is 224 g/mol. The Kier molecular flexibility index (Phi) is 21.1. The van der Waals surface area contributed by atoms with E-state index in [1.54, 1.807) is 0 Å². The second kappa shape index (κ2) is 8.92. The minimum atomic E-state index is 0. The third kappa shape index (κ3) is 8.93. The zero-order valence-electron chi connectivity index (χ0n) is 1.87. The van der Waals surface area contributed by atoms with E-state index in [1.807, 2.05) is 0 Å². The molecule has 2 radical (unpaired) electrons. The maximum atomic E-state index is 4.26.